The zero-order valence-corrected chi connectivity index (χ0v) is 12.6. The van der Waals surface area contributed by atoms with E-state index in [1.54, 1.807) is 0 Å². The molecule has 2 aromatic rings. The molecule has 1 aromatic carbocycles. The van der Waals surface area contributed by atoms with E-state index >= 15 is 0 Å². The van der Waals surface area contributed by atoms with Gasteiger partial charge in [-0.05, 0) is 31.9 Å². The molecule has 0 spiro atoms. The number of fused-ring (bicyclic) bond motifs is 1. The van der Waals surface area contributed by atoms with Crippen molar-refractivity contribution in [3.8, 4) is 0 Å². The van der Waals surface area contributed by atoms with E-state index < -0.39 is 6.04 Å². The Kier molecular flexibility index (Phi) is 5.36. The first-order chi connectivity index (χ1) is 10.1. The predicted molar refractivity (Wildman–Crippen MR) is 84.1 cm³/mol. The third-order valence-corrected chi connectivity index (χ3v) is 3.47. The van der Waals surface area contributed by atoms with Crippen LogP contribution in [0.3, 0.4) is 0 Å². The monoisotopic (exact) mass is 289 g/mol. The third kappa shape index (κ3) is 4.06. The maximum Gasteiger partial charge on any atom is 0.237 e. The third-order valence-electron chi connectivity index (χ3n) is 3.47. The van der Waals surface area contributed by atoms with Crippen LogP contribution in [0.15, 0.2) is 30.5 Å². The van der Waals surface area contributed by atoms with Crippen molar-refractivity contribution in [1.82, 2.24) is 10.3 Å². The van der Waals surface area contributed by atoms with Crippen molar-refractivity contribution >= 4 is 16.8 Å². The molecular formula is C16H23N3O2. The summed E-state index contributed by atoms with van der Waals surface area (Å²) >= 11 is 0. The summed E-state index contributed by atoms with van der Waals surface area (Å²) < 4.78 is 5.37. The Bertz CT molecular complexity index is 594. The number of aromatic amines is 1. The molecule has 0 saturated heterocycles. The zero-order chi connectivity index (χ0) is 15.2. The number of para-hydroxylation sites is 1. The van der Waals surface area contributed by atoms with Crippen LogP contribution in [0, 0.1) is 0 Å². The number of hydrogen-bond donors (Lipinski definition) is 3. The molecule has 2 rings (SSSR count). The van der Waals surface area contributed by atoms with Gasteiger partial charge in [0.1, 0.15) is 0 Å². The number of amides is 1. The minimum atomic E-state index is -0.557. The summed E-state index contributed by atoms with van der Waals surface area (Å²) in [6.45, 7) is 4.97. The van der Waals surface area contributed by atoms with E-state index in [9.17, 15) is 4.79 Å². The number of carbonyl (C=O) groups excluding carboxylic acids is 1. The summed E-state index contributed by atoms with van der Waals surface area (Å²) in [5.74, 6) is -0.146. The summed E-state index contributed by atoms with van der Waals surface area (Å²) in [7, 11) is 0. The molecule has 0 aliphatic heterocycles. The molecule has 4 N–H and O–H groups in total. The van der Waals surface area contributed by atoms with E-state index in [1.165, 1.54) is 0 Å². The molecule has 0 saturated carbocycles. The van der Waals surface area contributed by atoms with Crippen LogP contribution in [-0.4, -0.2) is 36.2 Å². The molecule has 5 heteroatoms. The van der Waals surface area contributed by atoms with Crippen LogP contribution in [0.2, 0.25) is 0 Å². The number of nitrogens with two attached hydrogens (primary N) is 1. The number of aromatic nitrogens is 1. The minimum Gasteiger partial charge on any atom is -0.377 e. The Morgan fingerprint density at radius 2 is 2.19 bits per heavy atom. The van der Waals surface area contributed by atoms with Gasteiger partial charge in [-0.25, -0.2) is 0 Å². The normalized spacial score (nSPS) is 14.0. The quantitative estimate of drug-likeness (QED) is 0.724. The fourth-order valence-corrected chi connectivity index (χ4v) is 2.35. The highest BCUT2D eigenvalue weighted by atomic mass is 16.5. The van der Waals surface area contributed by atoms with Crippen molar-refractivity contribution in [3.05, 3.63) is 36.0 Å². The lowest BCUT2D eigenvalue weighted by molar-refractivity contribution is -0.122. The highest BCUT2D eigenvalue weighted by molar-refractivity contribution is 5.86. The van der Waals surface area contributed by atoms with Gasteiger partial charge in [-0.1, -0.05) is 18.2 Å². The summed E-state index contributed by atoms with van der Waals surface area (Å²) in [6, 6.07) is 7.44. The molecule has 2 atom stereocenters. The highest BCUT2D eigenvalue weighted by Crippen LogP contribution is 2.18. The van der Waals surface area contributed by atoms with E-state index in [2.05, 4.69) is 10.3 Å². The molecule has 2 unspecified atom stereocenters. The van der Waals surface area contributed by atoms with Gasteiger partial charge in [0.15, 0.2) is 0 Å². The van der Waals surface area contributed by atoms with E-state index in [4.69, 9.17) is 10.5 Å². The van der Waals surface area contributed by atoms with E-state index in [1.807, 2.05) is 44.3 Å². The van der Waals surface area contributed by atoms with Gasteiger partial charge < -0.3 is 20.8 Å². The van der Waals surface area contributed by atoms with Gasteiger partial charge in [0.2, 0.25) is 5.91 Å². The molecule has 0 aliphatic carbocycles. The molecule has 5 nitrogen and oxygen atoms in total. The van der Waals surface area contributed by atoms with Gasteiger partial charge in [0.05, 0.1) is 12.1 Å². The number of hydrogen-bond acceptors (Lipinski definition) is 3. The second-order valence-corrected chi connectivity index (χ2v) is 5.18. The number of rotatable bonds is 7. The largest absolute Gasteiger partial charge is 0.377 e. The van der Waals surface area contributed by atoms with E-state index in [-0.39, 0.29) is 12.0 Å². The number of H-pyrrole nitrogens is 1. The molecule has 1 aromatic heterocycles. The highest BCUT2D eigenvalue weighted by Gasteiger charge is 2.16. The average Bonchev–Trinajstić information content (AvgIpc) is 2.88. The maximum absolute atomic E-state index is 12.0. The molecule has 1 heterocycles. The van der Waals surface area contributed by atoms with Crippen molar-refractivity contribution in [2.24, 2.45) is 5.73 Å². The standard InChI is InChI=1S/C16H23N3O2/c1-3-21-11(2)9-19-16(20)14(17)8-12-10-18-15-7-5-4-6-13(12)15/h4-7,10-11,14,18H,3,8-9,17H2,1-2H3,(H,19,20). The Morgan fingerprint density at radius 1 is 1.43 bits per heavy atom. The molecule has 114 valence electrons. The fraction of sp³-hybridized carbons (Fsp3) is 0.438. The van der Waals surface area contributed by atoms with Crippen molar-refractivity contribution in [1.29, 1.82) is 0 Å². The van der Waals surface area contributed by atoms with Crippen LogP contribution in [0.1, 0.15) is 19.4 Å². The lowest BCUT2D eigenvalue weighted by Gasteiger charge is -2.15. The molecule has 1 amide bonds. The lowest BCUT2D eigenvalue weighted by Crippen LogP contribution is -2.44. The summed E-state index contributed by atoms with van der Waals surface area (Å²) in [5, 5.41) is 3.94. The smallest absolute Gasteiger partial charge is 0.237 e. The van der Waals surface area contributed by atoms with Gasteiger partial charge >= 0.3 is 0 Å². The Balaban J connectivity index is 1.91. The maximum atomic E-state index is 12.0. The summed E-state index contributed by atoms with van der Waals surface area (Å²) in [6.07, 6.45) is 2.43. The Labute approximate surface area is 124 Å². The number of carbonyl (C=O) groups is 1. The zero-order valence-electron chi connectivity index (χ0n) is 12.6. The van der Waals surface area contributed by atoms with Crippen LogP contribution in [0.4, 0.5) is 0 Å². The SMILES string of the molecule is CCOC(C)CNC(=O)C(N)Cc1c[nH]c2ccccc12. The molecule has 0 aliphatic rings. The van der Waals surface area contributed by atoms with Crippen molar-refractivity contribution in [3.63, 3.8) is 0 Å². The average molecular weight is 289 g/mol. The van der Waals surface area contributed by atoms with E-state index in [0.29, 0.717) is 19.6 Å². The van der Waals surface area contributed by atoms with Gasteiger partial charge in [-0.15, -0.1) is 0 Å². The van der Waals surface area contributed by atoms with Crippen molar-refractivity contribution < 1.29 is 9.53 Å². The van der Waals surface area contributed by atoms with Crippen LogP contribution in [0.5, 0.6) is 0 Å². The fourth-order valence-electron chi connectivity index (χ4n) is 2.35. The van der Waals surface area contributed by atoms with Gasteiger partial charge in [-0.3, -0.25) is 4.79 Å². The number of nitrogens with one attached hydrogen (secondary N) is 2. The minimum absolute atomic E-state index is 0.000705. The van der Waals surface area contributed by atoms with Crippen LogP contribution in [0.25, 0.3) is 10.9 Å². The topological polar surface area (TPSA) is 80.1 Å². The Morgan fingerprint density at radius 3 is 2.95 bits per heavy atom. The molecule has 0 fully saturated rings. The van der Waals surface area contributed by atoms with Crippen LogP contribution >= 0.6 is 0 Å². The van der Waals surface area contributed by atoms with E-state index in [0.717, 1.165) is 16.5 Å². The van der Waals surface area contributed by atoms with Crippen molar-refractivity contribution in [2.75, 3.05) is 13.2 Å². The predicted octanol–water partition coefficient (Wildman–Crippen LogP) is 1.58. The second-order valence-electron chi connectivity index (χ2n) is 5.18. The first-order valence-corrected chi connectivity index (χ1v) is 7.31. The molecular weight excluding hydrogens is 266 g/mol. The van der Waals surface area contributed by atoms with Gasteiger partial charge in [0, 0.05) is 30.3 Å². The summed E-state index contributed by atoms with van der Waals surface area (Å²) in [5.41, 5.74) is 8.11. The van der Waals surface area contributed by atoms with Crippen LogP contribution in [-0.2, 0) is 16.0 Å². The summed E-state index contributed by atoms with van der Waals surface area (Å²) in [4.78, 5) is 15.2. The number of benzene rings is 1. The van der Waals surface area contributed by atoms with Gasteiger partial charge in [0.25, 0.3) is 0 Å². The molecule has 0 radical (unpaired) electrons. The second kappa shape index (κ2) is 7.24. The van der Waals surface area contributed by atoms with Crippen LogP contribution < -0.4 is 11.1 Å². The van der Waals surface area contributed by atoms with Crippen molar-refractivity contribution in [2.45, 2.75) is 32.4 Å². The van der Waals surface area contributed by atoms with Gasteiger partial charge in [-0.2, -0.15) is 0 Å². The number of ether oxygens (including phenoxy) is 1. The first kappa shape index (κ1) is 15.5. The lowest BCUT2D eigenvalue weighted by atomic mass is 10.1. The molecule has 21 heavy (non-hydrogen) atoms. The Hall–Kier alpha value is -1.85. The first-order valence-electron chi connectivity index (χ1n) is 7.31. The molecule has 0 bridgehead atoms.